The fraction of sp³-hybridized carbons (Fsp3) is 0.348. The summed E-state index contributed by atoms with van der Waals surface area (Å²) in [4.78, 5) is 12.4. The third-order valence-electron chi connectivity index (χ3n) is 4.60. The first-order valence-electron chi connectivity index (χ1n) is 9.69. The Bertz CT molecular complexity index is 1110. The lowest BCUT2D eigenvalue weighted by molar-refractivity contribution is -0.155. The zero-order chi connectivity index (χ0) is 21.9. The number of aromatic nitrogens is 2. The van der Waals surface area contributed by atoms with E-state index in [0.29, 0.717) is 22.7 Å². The van der Waals surface area contributed by atoms with E-state index >= 15 is 0 Å². The Morgan fingerprint density at radius 3 is 2.70 bits per heavy atom. The highest BCUT2D eigenvalue weighted by molar-refractivity contribution is 6.30. The van der Waals surface area contributed by atoms with Crippen LogP contribution in [-0.4, -0.2) is 21.4 Å². The third kappa shape index (κ3) is 4.98. The molecule has 0 fully saturated rings. The molecule has 3 rings (SSSR count). The van der Waals surface area contributed by atoms with Gasteiger partial charge in [0.1, 0.15) is 18.0 Å². The number of fused-ring (bicyclic) bond motifs is 1. The first kappa shape index (κ1) is 21.8. The van der Waals surface area contributed by atoms with Crippen LogP contribution in [0.4, 0.5) is 4.39 Å². The van der Waals surface area contributed by atoms with Gasteiger partial charge in [-0.15, -0.1) is 0 Å². The number of rotatable bonds is 6. The quantitative estimate of drug-likeness (QED) is 0.480. The van der Waals surface area contributed by atoms with Gasteiger partial charge in [-0.1, -0.05) is 35.9 Å². The minimum absolute atomic E-state index is 0.0636. The number of carbonyl (C=O) groups is 1. The molecule has 0 spiro atoms. The zero-order valence-corrected chi connectivity index (χ0v) is 17.9. The molecule has 0 saturated heterocycles. The summed E-state index contributed by atoms with van der Waals surface area (Å²) < 4.78 is 21.7. The average Bonchev–Trinajstić information content (AvgIpc) is 3.00. The molecule has 0 amide bonds. The van der Waals surface area contributed by atoms with E-state index in [-0.39, 0.29) is 13.0 Å². The number of hydrogen-bond donors (Lipinski definition) is 0. The summed E-state index contributed by atoms with van der Waals surface area (Å²) >= 11 is 5.92. The van der Waals surface area contributed by atoms with E-state index in [1.54, 1.807) is 37.6 Å². The summed E-state index contributed by atoms with van der Waals surface area (Å²) in [7, 11) is 0. The van der Waals surface area contributed by atoms with Crippen molar-refractivity contribution in [2.45, 2.75) is 51.7 Å². The van der Waals surface area contributed by atoms with Gasteiger partial charge in [-0.2, -0.15) is 10.4 Å². The van der Waals surface area contributed by atoms with Gasteiger partial charge in [-0.05, 0) is 51.0 Å². The summed E-state index contributed by atoms with van der Waals surface area (Å²) in [5.74, 6) is -1.31. The molecule has 0 aliphatic rings. The van der Waals surface area contributed by atoms with Crippen LogP contribution in [0, 0.1) is 17.1 Å². The van der Waals surface area contributed by atoms with Gasteiger partial charge in [-0.3, -0.25) is 9.48 Å². The molecule has 156 valence electrons. The number of hydrogen-bond acceptors (Lipinski definition) is 4. The number of para-hydroxylation sites is 1. The standard InChI is InChI=1S/C23H23ClFN3O2/c1-23(2,3)30-21(29)14-28-20-9-5-4-7-18(20)22(27-28)17(8-6-12-26)16-11-10-15(24)13-19(16)25/h4-5,7,9-11,13,17H,6,8,14H2,1-3H3. The smallest absolute Gasteiger partial charge is 0.328 e. The van der Waals surface area contributed by atoms with E-state index in [9.17, 15) is 9.18 Å². The molecule has 3 aromatic rings. The molecular formula is C23H23ClFN3O2. The second-order valence-corrected chi connectivity index (χ2v) is 8.50. The number of carbonyl (C=O) groups excluding carboxylic acids is 1. The Kier molecular flexibility index (Phi) is 6.42. The van der Waals surface area contributed by atoms with Crippen molar-refractivity contribution in [2.75, 3.05) is 0 Å². The molecule has 5 nitrogen and oxygen atoms in total. The highest BCUT2D eigenvalue weighted by atomic mass is 35.5. The summed E-state index contributed by atoms with van der Waals surface area (Å²) in [6.45, 7) is 5.35. The molecule has 30 heavy (non-hydrogen) atoms. The van der Waals surface area contributed by atoms with Gasteiger partial charge in [0.25, 0.3) is 0 Å². The molecule has 1 atom stereocenters. The van der Waals surface area contributed by atoms with Crippen LogP contribution in [0.2, 0.25) is 5.02 Å². The van der Waals surface area contributed by atoms with Gasteiger partial charge in [-0.25, -0.2) is 4.39 Å². The van der Waals surface area contributed by atoms with Crippen LogP contribution in [0.25, 0.3) is 10.9 Å². The maximum absolute atomic E-state index is 14.7. The van der Waals surface area contributed by atoms with Crippen molar-refractivity contribution in [3.8, 4) is 6.07 Å². The number of nitrogens with zero attached hydrogens (tertiary/aromatic N) is 3. The van der Waals surface area contributed by atoms with Crippen LogP contribution >= 0.6 is 11.6 Å². The number of nitriles is 1. The zero-order valence-electron chi connectivity index (χ0n) is 17.2. The Balaban J connectivity index is 2.08. The maximum Gasteiger partial charge on any atom is 0.328 e. The molecule has 1 unspecified atom stereocenters. The van der Waals surface area contributed by atoms with E-state index < -0.39 is 23.3 Å². The average molecular weight is 428 g/mol. The SMILES string of the molecule is CC(C)(C)OC(=O)Cn1nc(C(CCC#N)c2ccc(Cl)cc2F)c2ccccc21. The largest absolute Gasteiger partial charge is 0.459 e. The second kappa shape index (κ2) is 8.85. The summed E-state index contributed by atoms with van der Waals surface area (Å²) in [5.41, 5.74) is 1.17. The predicted molar refractivity (Wildman–Crippen MR) is 114 cm³/mol. The highest BCUT2D eigenvalue weighted by Crippen LogP contribution is 2.35. The topological polar surface area (TPSA) is 67.9 Å². The van der Waals surface area contributed by atoms with E-state index in [4.69, 9.17) is 21.6 Å². The Morgan fingerprint density at radius 1 is 1.30 bits per heavy atom. The minimum atomic E-state index is -0.607. The molecule has 1 aromatic heterocycles. The molecule has 2 aromatic carbocycles. The van der Waals surface area contributed by atoms with Crippen molar-refractivity contribution in [2.24, 2.45) is 0 Å². The maximum atomic E-state index is 14.7. The third-order valence-corrected chi connectivity index (χ3v) is 4.83. The van der Waals surface area contributed by atoms with Gasteiger partial charge in [0.15, 0.2) is 0 Å². The van der Waals surface area contributed by atoms with E-state index in [0.717, 1.165) is 10.9 Å². The second-order valence-electron chi connectivity index (χ2n) is 8.06. The van der Waals surface area contributed by atoms with Crippen molar-refractivity contribution in [3.05, 3.63) is 64.6 Å². The Labute approximate surface area is 180 Å². The minimum Gasteiger partial charge on any atom is -0.459 e. The monoisotopic (exact) mass is 427 g/mol. The predicted octanol–water partition coefficient (Wildman–Crippen LogP) is 5.61. The molecule has 0 aliphatic carbocycles. The molecule has 7 heteroatoms. The fourth-order valence-corrected chi connectivity index (χ4v) is 3.62. The number of ether oxygens (including phenoxy) is 1. The normalized spacial score (nSPS) is 12.5. The molecule has 0 N–H and O–H groups in total. The van der Waals surface area contributed by atoms with E-state index in [1.807, 2.05) is 24.3 Å². The number of benzene rings is 2. The van der Waals surface area contributed by atoms with E-state index in [2.05, 4.69) is 11.2 Å². The van der Waals surface area contributed by atoms with Crippen molar-refractivity contribution in [3.63, 3.8) is 0 Å². The van der Waals surface area contributed by atoms with Crippen LogP contribution < -0.4 is 0 Å². The van der Waals surface area contributed by atoms with Gasteiger partial charge >= 0.3 is 5.97 Å². The first-order valence-corrected chi connectivity index (χ1v) is 10.1. The molecule has 0 saturated carbocycles. The van der Waals surface area contributed by atoms with Crippen molar-refractivity contribution < 1.29 is 13.9 Å². The van der Waals surface area contributed by atoms with Crippen LogP contribution in [0.5, 0.6) is 0 Å². The molecule has 0 radical (unpaired) electrons. The van der Waals surface area contributed by atoms with E-state index in [1.165, 1.54) is 6.07 Å². The van der Waals surface area contributed by atoms with Crippen LogP contribution in [-0.2, 0) is 16.1 Å². The van der Waals surface area contributed by atoms with Crippen molar-refractivity contribution in [1.29, 1.82) is 5.26 Å². The lowest BCUT2D eigenvalue weighted by Gasteiger charge is -2.19. The summed E-state index contributed by atoms with van der Waals surface area (Å²) in [6, 6.07) is 14.1. The number of halogens is 2. The van der Waals surface area contributed by atoms with Gasteiger partial charge in [0.2, 0.25) is 0 Å². The molecule has 0 bridgehead atoms. The Morgan fingerprint density at radius 2 is 2.03 bits per heavy atom. The first-order chi connectivity index (χ1) is 14.2. The Hall–Kier alpha value is -2.91. The van der Waals surface area contributed by atoms with Crippen LogP contribution in [0.3, 0.4) is 0 Å². The number of esters is 1. The summed E-state index contributed by atoms with van der Waals surface area (Å²) in [5, 5.41) is 14.9. The lowest BCUT2D eigenvalue weighted by Crippen LogP contribution is -2.26. The van der Waals surface area contributed by atoms with Gasteiger partial charge in [0, 0.05) is 22.7 Å². The van der Waals surface area contributed by atoms with Crippen LogP contribution in [0.1, 0.15) is 50.8 Å². The van der Waals surface area contributed by atoms with Gasteiger partial charge < -0.3 is 4.74 Å². The lowest BCUT2D eigenvalue weighted by atomic mass is 9.89. The van der Waals surface area contributed by atoms with Crippen molar-refractivity contribution in [1.82, 2.24) is 9.78 Å². The highest BCUT2D eigenvalue weighted by Gasteiger charge is 2.25. The fourth-order valence-electron chi connectivity index (χ4n) is 3.46. The molecule has 1 heterocycles. The molecule has 0 aliphatic heterocycles. The van der Waals surface area contributed by atoms with Crippen LogP contribution in [0.15, 0.2) is 42.5 Å². The van der Waals surface area contributed by atoms with Crippen molar-refractivity contribution >= 4 is 28.5 Å². The molecular weight excluding hydrogens is 405 g/mol. The van der Waals surface area contributed by atoms with Gasteiger partial charge in [0.05, 0.1) is 17.3 Å². The summed E-state index contributed by atoms with van der Waals surface area (Å²) in [6.07, 6.45) is 0.627.